The Morgan fingerprint density at radius 2 is 2.07 bits per heavy atom. The van der Waals surface area contributed by atoms with Gasteiger partial charge in [-0.05, 0) is 36.6 Å². The van der Waals surface area contributed by atoms with Gasteiger partial charge >= 0.3 is 6.18 Å². The lowest BCUT2D eigenvalue weighted by Gasteiger charge is -2.19. The van der Waals surface area contributed by atoms with Gasteiger partial charge in [0.1, 0.15) is 0 Å². The molecule has 0 saturated carbocycles. The van der Waals surface area contributed by atoms with E-state index in [0.29, 0.717) is 4.88 Å². The number of amides is 1. The first-order valence-corrected chi connectivity index (χ1v) is 10.5. The molecule has 0 fully saturated rings. The molecule has 3 rings (SSSR count). The van der Waals surface area contributed by atoms with Crippen molar-refractivity contribution < 1.29 is 18.0 Å². The Bertz CT molecular complexity index is 996. The molecule has 5 nitrogen and oxygen atoms in total. The minimum Gasteiger partial charge on any atom is -0.347 e. The highest BCUT2D eigenvalue weighted by Crippen LogP contribution is 2.32. The number of hydrogen-bond acceptors (Lipinski definition) is 4. The highest BCUT2D eigenvalue weighted by Gasteiger charge is 2.33. The van der Waals surface area contributed by atoms with Crippen LogP contribution in [0.4, 0.5) is 13.2 Å². The van der Waals surface area contributed by atoms with Gasteiger partial charge in [-0.15, -0.1) is 11.3 Å². The molecule has 0 aliphatic rings. The van der Waals surface area contributed by atoms with Crippen LogP contribution in [0.5, 0.6) is 0 Å². The third kappa shape index (κ3) is 5.09. The second-order valence-corrected chi connectivity index (χ2v) is 7.82. The molecule has 0 unspecified atom stereocenters. The molecule has 0 bridgehead atoms. The van der Waals surface area contributed by atoms with E-state index >= 15 is 0 Å². The number of nitrogens with zero attached hydrogens (tertiary/aromatic N) is 2. The van der Waals surface area contributed by atoms with Crippen molar-refractivity contribution in [2.75, 3.05) is 6.54 Å². The number of rotatable bonds is 8. The van der Waals surface area contributed by atoms with Crippen LogP contribution in [0.1, 0.15) is 34.1 Å². The van der Waals surface area contributed by atoms with E-state index in [2.05, 4.69) is 17.3 Å². The van der Waals surface area contributed by atoms with Gasteiger partial charge in [-0.3, -0.25) is 9.48 Å². The number of alkyl halides is 3. The summed E-state index contributed by atoms with van der Waals surface area (Å²) in [6.07, 6.45) is -1.81. The van der Waals surface area contributed by atoms with Gasteiger partial charge in [-0.25, -0.2) is 0 Å². The summed E-state index contributed by atoms with van der Waals surface area (Å²) in [5.74, 6) is -0.354. The average Bonchev–Trinajstić information content (AvgIpc) is 3.36. The lowest BCUT2D eigenvalue weighted by Crippen LogP contribution is -2.41. The number of carbonyl (C=O) groups is 1. The summed E-state index contributed by atoms with van der Waals surface area (Å²) < 4.78 is 41.6. The molecule has 2 aromatic heterocycles. The van der Waals surface area contributed by atoms with E-state index in [9.17, 15) is 18.0 Å². The van der Waals surface area contributed by atoms with E-state index in [-0.39, 0.29) is 24.4 Å². The first kappa shape index (κ1) is 22.0. The lowest BCUT2D eigenvalue weighted by molar-refractivity contribution is -0.138. The van der Waals surface area contributed by atoms with Crippen LogP contribution in [0, 0.1) is 0 Å². The summed E-state index contributed by atoms with van der Waals surface area (Å²) in [4.78, 5) is 13.1. The number of hydrogen-bond donors (Lipinski definition) is 2. The van der Waals surface area contributed by atoms with Gasteiger partial charge in [-0.2, -0.15) is 18.3 Å². The van der Waals surface area contributed by atoms with Crippen molar-refractivity contribution in [3.8, 4) is 11.3 Å². The van der Waals surface area contributed by atoms with E-state index in [0.717, 1.165) is 30.3 Å². The molecule has 9 heteroatoms. The molecule has 160 valence electrons. The van der Waals surface area contributed by atoms with Gasteiger partial charge in [0.25, 0.3) is 5.91 Å². The van der Waals surface area contributed by atoms with E-state index in [1.807, 2.05) is 16.1 Å². The number of nitrogens with one attached hydrogen (secondary N) is 1. The Hall–Kier alpha value is -2.65. The quantitative estimate of drug-likeness (QED) is 0.552. The highest BCUT2D eigenvalue weighted by molar-refractivity contribution is 7.12. The second kappa shape index (κ2) is 9.44. The molecule has 2 heterocycles. The minimum absolute atomic E-state index is 0.000569. The maximum atomic E-state index is 13.2. The fourth-order valence-corrected chi connectivity index (χ4v) is 4.05. The van der Waals surface area contributed by atoms with Crippen molar-refractivity contribution in [1.29, 1.82) is 0 Å². The topological polar surface area (TPSA) is 72.9 Å². The van der Waals surface area contributed by atoms with Crippen LogP contribution in [-0.2, 0) is 19.1 Å². The Morgan fingerprint density at radius 3 is 2.77 bits per heavy atom. The Labute approximate surface area is 176 Å². The summed E-state index contributed by atoms with van der Waals surface area (Å²) in [5.41, 5.74) is 6.93. The van der Waals surface area contributed by atoms with Gasteiger partial charge in [0.15, 0.2) is 0 Å². The van der Waals surface area contributed by atoms with Crippen LogP contribution in [0.25, 0.3) is 11.3 Å². The number of benzene rings is 1. The van der Waals surface area contributed by atoms with Gasteiger partial charge in [-0.1, -0.05) is 25.1 Å². The predicted octanol–water partition coefficient (Wildman–Crippen LogP) is 4.34. The van der Waals surface area contributed by atoms with Crippen molar-refractivity contribution in [3.05, 3.63) is 64.0 Å². The highest BCUT2D eigenvalue weighted by atomic mass is 32.1. The standard InChI is InChI=1S/C21H23F3N4OS/c1-2-9-28-18(7-8-26-28)15-11-19(30-13-15)20(29)27-16(12-25)10-14-5-3-4-6-17(14)21(22,23)24/h3-8,11,13,16H,2,9-10,12,25H2,1H3,(H,27,29)/t16-/m0/s1. The zero-order valence-corrected chi connectivity index (χ0v) is 17.3. The van der Waals surface area contributed by atoms with Crippen molar-refractivity contribution in [2.24, 2.45) is 5.73 Å². The Balaban J connectivity index is 1.73. The van der Waals surface area contributed by atoms with Crippen LogP contribution in [0.2, 0.25) is 0 Å². The third-order valence-electron chi connectivity index (χ3n) is 4.68. The number of thiophene rings is 1. The fraction of sp³-hybridized carbons (Fsp3) is 0.333. The number of nitrogens with two attached hydrogens (primary N) is 1. The van der Waals surface area contributed by atoms with E-state index in [4.69, 9.17) is 5.73 Å². The van der Waals surface area contributed by atoms with Crippen LogP contribution in [0.3, 0.4) is 0 Å². The number of aryl methyl sites for hydroxylation is 1. The number of halogens is 3. The second-order valence-electron chi connectivity index (χ2n) is 6.90. The van der Waals surface area contributed by atoms with Crippen LogP contribution in [-0.4, -0.2) is 28.3 Å². The number of carbonyl (C=O) groups excluding carboxylic acids is 1. The molecule has 30 heavy (non-hydrogen) atoms. The van der Waals surface area contributed by atoms with E-state index < -0.39 is 17.8 Å². The molecular formula is C21H23F3N4OS. The lowest BCUT2D eigenvalue weighted by atomic mass is 9.99. The van der Waals surface area contributed by atoms with Crippen LogP contribution in [0.15, 0.2) is 48.0 Å². The zero-order chi connectivity index (χ0) is 21.7. The summed E-state index contributed by atoms with van der Waals surface area (Å²) in [7, 11) is 0. The third-order valence-corrected chi connectivity index (χ3v) is 5.61. The van der Waals surface area contributed by atoms with Crippen LogP contribution < -0.4 is 11.1 Å². The maximum Gasteiger partial charge on any atom is 0.416 e. The molecule has 1 amide bonds. The zero-order valence-electron chi connectivity index (χ0n) is 16.4. The summed E-state index contributed by atoms with van der Waals surface area (Å²) in [5, 5.41) is 8.92. The molecule has 0 aliphatic carbocycles. The van der Waals surface area contributed by atoms with Crippen molar-refractivity contribution in [3.63, 3.8) is 0 Å². The monoisotopic (exact) mass is 436 g/mol. The molecule has 3 aromatic rings. The van der Waals surface area contributed by atoms with Crippen molar-refractivity contribution >= 4 is 17.2 Å². The largest absolute Gasteiger partial charge is 0.416 e. The fourth-order valence-electron chi connectivity index (χ4n) is 3.25. The van der Waals surface area contributed by atoms with E-state index in [1.54, 1.807) is 18.3 Å². The van der Waals surface area contributed by atoms with Gasteiger partial charge in [0, 0.05) is 36.3 Å². The molecule has 0 radical (unpaired) electrons. The van der Waals surface area contributed by atoms with Crippen molar-refractivity contribution in [2.45, 2.75) is 38.5 Å². The maximum absolute atomic E-state index is 13.2. The van der Waals surface area contributed by atoms with E-state index in [1.165, 1.54) is 23.5 Å². The number of aromatic nitrogens is 2. The minimum atomic E-state index is -4.45. The van der Waals surface area contributed by atoms with Gasteiger partial charge in [0.2, 0.25) is 0 Å². The summed E-state index contributed by atoms with van der Waals surface area (Å²) in [6.45, 7) is 2.86. The molecule has 0 aliphatic heterocycles. The Morgan fingerprint density at radius 1 is 1.30 bits per heavy atom. The first-order valence-electron chi connectivity index (χ1n) is 9.60. The SMILES string of the molecule is CCCn1nccc1-c1csc(C(=O)N[C@H](CN)Cc2ccccc2C(F)(F)F)c1. The molecular weight excluding hydrogens is 413 g/mol. The molecule has 3 N–H and O–H groups in total. The van der Waals surface area contributed by atoms with Crippen LogP contribution >= 0.6 is 11.3 Å². The van der Waals surface area contributed by atoms with Crippen molar-refractivity contribution in [1.82, 2.24) is 15.1 Å². The van der Waals surface area contributed by atoms with Gasteiger partial charge < -0.3 is 11.1 Å². The van der Waals surface area contributed by atoms with Gasteiger partial charge in [0.05, 0.1) is 16.1 Å². The molecule has 1 aromatic carbocycles. The summed E-state index contributed by atoms with van der Waals surface area (Å²) in [6, 6.07) is 8.38. The molecule has 0 spiro atoms. The summed E-state index contributed by atoms with van der Waals surface area (Å²) >= 11 is 1.27. The Kier molecular flexibility index (Phi) is 6.94. The molecule has 1 atom stereocenters. The molecule has 0 saturated heterocycles. The first-order chi connectivity index (χ1) is 14.3. The predicted molar refractivity (Wildman–Crippen MR) is 111 cm³/mol. The average molecular weight is 437 g/mol. The normalized spacial score (nSPS) is 12.7. The smallest absolute Gasteiger partial charge is 0.347 e.